The number of carbonyl (C=O) groups excluding carboxylic acids is 1. The van der Waals surface area contributed by atoms with Crippen LogP contribution >= 0.6 is 0 Å². The number of benzene rings is 2. The van der Waals surface area contributed by atoms with Gasteiger partial charge in [0.2, 0.25) is 0 Å². The molecule has 0 aliphatic carbocycles. The number of nitrogens with one attached hydrogen (secondary N) is 1. The van der Waals surface area contributed by atoms with Crippen LogP contribution in [0.3, 0.4) is 0 Å². The van der Waals surface area contributed by atoms with Gasteiger partial charge in [0.05, 0.1) is 17.4 Å². The van der Waals surface area contributed by atoms with Crippen molar-refractivity contribution < 1.29 is 4.79 Å². The van der Waals surface area contributed by atoms with E-state index in [0.717, 1.165) is 22.6 Å². The van der Waals surface area contributed by atoms with Gasteiger partial charge in [-0.25, -0.2) is 0 Å². The van der Waals surface area contributed by atoms with Gasteiger partial charge in [-0.15, -0.1) is 0 Å². The highest BCUT2D eigenvalue weighted by Crippen LogP contribution is 2.22. The molecule has 0 atom stereocenters. The maximum absolute atomic E-state index is 12.7. The molecule has 126 valence electrons. The number of rotatable bonds is 4. The molecule has 0 unspecified atom stereocenters. The molecule has 0 bridgehead atoms. The molecule has 4 nitrogen and oxygen atoms in total. The predicted molar refractivity (Wildman–Crippen MR) is 103 cm³/mol. The number of pyridine rings is 1. The third kappa shape index (κ3) is 3.86. The lowest BCUT2D eigenvalue weighted by Crippen LogP contribution is -2.26. The average molecular weight is 331 g/mol. The third-order valence-corrected chi connectivity index (χ3v) is 4.09. The number of para-hydroxylation sites is 1. The molecule has 1 heterocycles. The van der Waals surface area contributed by atoms with Gasteiger partial charge in [0, 0.05) is 24.6 Å². The highest BCUT2D eigenvalue weighted by atomic mass is 16.2. The quantitative estimate of drug-likeness (QED) is 0.752. The van der Waals surface area contributed by atoms with Crippen molar-refractivity contribution in [1.29, 1.82) is 0 Å². The van der Waals surface area contributed by atoms with Gasteiger partial charge in [-0.2, -0.15) is 0 Å². The maximum atomic E-state index is 12.7. The fourth-order valence-electron chi connectivity index (χ4n) is 2.70. The smallest absolute Gasteiger partial charge is 0.259 e. The minimum absolute atomic E-state index is 0.0945. The van der Waals surface area contributed by atoms with Gasteiger partial charge in [-0.3, -0.25) is 9.78 Å². The minimum Gasteiger partial charge on any atom is -0.354 e. The fourth-order valence-corrected chi connectivity index (χ4v) is 2.70. The van der Waals surface area contributed by atoms with Crippen molar-refractivity contribution in [3.8, 4) is 0 Å². The van der Waals surface area contributed by atoms with Crippen LogP contribution in [0.1, 0.15) is 21.5 Å². The van der Waals surface area contributed by atoms with Crippen molar-refractivity contribution in [1.82, 2.24) is 4.98 Å². The Hall–Kier alpha value is -3.14. The summed E-state index contributed by atoms with van der Waals surface area (Å²) in [4.78, 5) is 18.6. The van der Waals surface area contributed by atoms with Crippen LogP contribution in [0.5, 0.6) is 0 Å². The van der Waals surface area contributed by atoms with Crippen molar-refractivity contribution >= 4 is 23.0 Å². The van der Waals surface area contributed by atoms with E-state index >= 15 is 0 Å². The lowest BCUT2D eigenvalue weighted by atomic mass is 10.1. The molecule has 2 aromatic carbocycles. The maximum Gasteiger partial charge on any atom is 0.259 e. The van der Waals surface area contributed by atoms with E-state index in [1.807, 2.05) is 42.5 Å². The zero-order valence-corrected chi connectivity index (χ0v) is 14.7. The first-order valence-corrected chi connectivity index (χ1v) is 8.17. The highest BCUT2D eigenvalue weighted by Gasteiger charge is 2.14. The van der Waals surface area contributed by atoms with Crippen LogP contribution in [0.25, 0.3) is 0 Å². The van der Waals surface area contributed by atoms with Gasteiger partial charge < -0.3 is 10.2 Å². The Kier molecular flexibility index (Phi) is 4.80. The molecule has 0 saturated heterocycles. The molecule has 0 aliphatic rings. The molecular formula is C21H21N3O. The monoisotopic (exact) mass is 331 g/mol. The summed E-state index contributed by atoms with van der Waals surface area (Å²) in [6.45, 7) is 4.12. The Morgan fingerprint density at radius 1 is 1.00 bits per heavy atom. The minimum atomic E-state index is -0.0945. The second kappa shape index (κ2) is 7.18. The lowest BCUT2D eigenvalue weighted by Gasteiger charge is -2.18. The van der Waals surface area contributed by atoms with Gasteiger partial charge >= 0.3 is 0 Å². The van der Waals surface area contributed by atoms with Crippen molar-refractivity contribution in [2.24, 2.45) is 0 Å². The predicted octanol–water partition coefficient (Wildman–Crippen LogP) is 4.72. The van der Waals surface area contributed by atoms with E-state index in [2.05, 4.69) is 36.3 Å². The number of hydrogen-bond donors (Lipinski definition) is 1. The first kappa shape index (κ1) is 16.7. The number of carbonyl (C=O) groups is 1. The second-order valence-electron chi connectivity index (χ2n) is 6.11. The molecule has 0 aliphatic heterocycles. The molecule has 0 spiro atoms. The first-order valence-electron chi connectivity index (χ1n) is 8.17. The van der Waals surface area contributed by atoms with Crippen molar-refractivity contribution in [3.05, 3.63) is 83.7 Å². The molecule has 3 rings (SSSR count). The van der Waals surface area contributed by atoms with E-state index in [4.69, 9.17) is 0 Å². The van der Waals surface area contributed by atoms with Crippen LogP contribution in [0.4, 0.5) is 17.1 Å². The summed E-state index contributed by atoms with van der Waals surface area (Å²) in [5.74, 6) is -0.0945. The average Bonchev–Trinajstić information content (AvgIpc) is 2.64. The zero-order chi connectivity index (χ0) is 17.8. The van der Waals surface area contributed by atoms with Crippen LogP contribution in [-0.2, 0) is 0 Å². The van der Waals surface area contributed by atoms with Crippen LogP contribution in [-0.4, -0.2) is 17.9 Å². The number of nitrogens with zero attached hydrogens (tertiary/aromatic N) is 2. The molecule has 3 aromatic rings. The largest absolute Gasteiger partial charge is 0.354 e. The van der Waals surface area contributed by atoms with Gasteiger partial charge in [0.15, 0.2) is 0 Å². The van der Waals surface area contributed by atoms with Gasteiger partial charge in [-0.1, -0.05) is 35.9 Å². The summed E-state index contributed by atoms with van der Waals surface area (Å²) in [7, 11) is 1.77. The van der Waals surface area contributed by atoms with Crippen LogP contribution in [0, 0.1) is 13.8 Å². The lowest BCUT2D eigenvalue weighted by molar-refractivity contribution is 0.0992. The number of anilines is 3. The van der Waals surface area contributed by atoms with Crippen LogP contribution in [0.2, 0.25) is 0 Å². The standard InChI is InChI=1S/C21H21N3O/c1-15-9-10-20(16(2)11-15)23-18-12-17(13-22-14-18)21(25)24(3)19-7-5-4-6-8-19/h4-14,23H,1-3H3. The SMILES string of the molecule is Cc1ccc(Nc2cncc(C(=O)N(C)c3ccccc3)c2)c(C)c1. The Balaban J connectivity index is 1.82. The Labute approximate surface area is 148 Å². The summed E-state index contributed by atoms with van der Waals surface area (Å²) >= 11 is 0. The molecule has 0 fully saturated rings. The number of aryl methyl sites for hydroxylation is 2. The van der Waals surface area contributed by atoms with Gasteiger partial charge in [0.25, 0.3) is 5.91 Å². The Morgan fingerprint density at radius 2 is 1.76 bits per heavy atom. The number of amides is 1. The first-order chi connectivity index (χ1) is 12.0. The topological polar surface area (TPSA) is 45.2 Å². The normalized spacial score (nSPS) is 10.4. The van der Waals surface area contributed by atoms with E-state index in [1.165, 1.54) is 5.56 Å². The Morgan fingerprint density at radius 3 is 2.48 bits per heavy atom. The summed E-state index contributed by atoms with van der Waals surface area (Å²) in [5, 5.41) is 3.34. The van der Waals surface area contributed by atoms with E-state index in [9.17, 15) is 4.79 Å². The second-order valence-corrected chi connectivity index (χ2v) is 6.11. The highest BCUT2D eigenvalue weighted by molar-refractivity contribution is 6.06. The van der Waals surface area contributed by atoms with E-state index in [-0.39, 0.29) is 5.91 Å². The zero-order valence-electron chi connectivity index (χ0n) is 14.7. The molecule has 25 heavy (non-hydrogen) atoms. The summed E-state index contributed by atoms with van der Waals surface area (Å²) in [6, 6.07) is 17.6. The molecule has 0 radical (unpaired) electrons. The van der Waals surface area contributed by atoms with Crippen molar-refractivity contribution in [3.63, 3.8) is 0 Å². The summed E-state index contributed by atoms with van der Waals surface area (Å²) < 4.78 is 0. The molecule has 1 N–H and O–H groups in total. The van der Waals surface area contributed by atoms with E-state index in [1.54, 1.807) is 24.3 Å². The molecule has 1 amide bonds. The van der Waals surface area contributed by atoms with E-state index in [0.29, 0.717) is 5.56 Å². The fraction of sp³-hybridized carbons (Fsp3) is 0.143. The Bertz CT molecular complexity index is 891. The van der Waals surface area contributed by atoms with Gasteiger partial charge in [0.1, 0.15) is 0 Å². The molecule has 1 aromatic heterocycles. The number of hydrogen-bond acceptors (Lipinski definition) is 3. The van der Waals surface area contributed by atoms with Crippen LogP contribution in [0.15, 0.2) is 67.0 Å². The molecule has 0 saturated carbocycles. The van der Waals surface area contributed by atoms with Crippen molar-refractivity contribution in [2.75, 3.05) is 17.3 Å². The van der Waals surface area contributed by atoms with Crippen LogP contribution < -0.4 is 10.2 Å². The molecular weight excluding hydrogens is 310 g/mol. The third-order valence-electron chi connectivity index (χ3n) is 4.09. The number of aromatic nitrogens is 1. The molecule has 4 heteroatoms. The summed E-state index contributed by atoms with van der Waals surface area (Å²) in [5.41, 5.74) is 5.56. The van der Waals surface area contributed by atoms with E-state index < -0.39 is 0 Å². The van der Waals surface area contributed by atoms with Crippen molar-refractivity contribution in [2.45, 2.75) is 13.8 Å². The van der Waals surface area contributed by atoms with Gasteiger partial charge in [-0.05, 0) is 43.7 Å². The summed E-state index contributed by atoms with van der Waals surface area (Å²) in [6.07, 6.45) is 3.31.